The monoisotopic (exact) mass is 449 g/mol. The summed E-state index contributed by atoms with van der Waals surface area (Å²) in [7, 11) is -1.54. The zero-order valence-corrected chi connectivity index (χ0v) is 18.9. The van der Waals surface area contributed by atoms with Gasteiger partial charge in [-0.25, -0.2) is 8.42 Å². The third-order valence-corrected chi connectivity index (χ3v) is 8.58. The van der Waals surface area contributed by atoms with E-state index in [1.165, 1.54) is 11.8 Å². The smallest absolute Gasteiger partial charge is 0.243 e. The molecule has 8 nitrogen and oxygen atoms in total. The van der Waals surface area contributed by atoms with E-state index in [4.69, 9.17) is 0 Å². The van der Waals surface area contributed by atoms with Gasteiger partial charge >= 0.3 is 0 Å². The molecule has 1 aliphatic carbocycles. The molecule has 1 aromatic heterocycles. The quantitative estimate of drug-likeness (QED) is 0.653. The average molecular weight is 450 g/mol. The first-order valence-electron chi connectivity index (χ1n) is 10.3. The van der Waals surface area contributed by atoms with E-state index in [1.807, 2.05) is 18.5 Å². The van der Waals surface area contributed by atoms with Crippen LogP contribution in [0.25, 0.3) is 0 Å². The van der Waals surface area contributed by atoms with Crippen LogP contribution in [0.2, 0.25) is 0 Å². The molecule has 1 aliphatic heterocycles. The van der Waals surface area contributed by atoms with Crippen molar-refractivity contribution in [2.45, 2.75) is 60.2 Å². The minimum Gasteiger partial charge on any atom is -0.325 e. The summed E-state index contributed by atoms with van der Waals surface area (Å²) in [5.74, 6) is 1.32. The standard InChI is InChI=1S/C20H27N5O3S2/c1-14(29-20-23-22-18(24(20)2)15-6-7-15)19(26)21-16-8-10-17(11-9-16)30(27,28)25-12-4-3-5-13-25/h8-11,14-15H,3-7,12-13H2,1-2H3,(H,21,26)/t14-/m1/s1. The lowest BCUT2D eigenvalue weighted by Gasteiger charge is -2.25. The van der Waals surface area contributed by atoms with Gasteiger partial charge in [0.05, 0.1) is 10.1 Å². The predicted octanol–water partition coefficient (Wildman–Crippen LogP) is 2.99. The van der Waals surface area contributed by atoms with Gasteiger partial charge < -0.3 is 9.88 Å². The van der Waals surface area contributed by atoms with E-state index in [-0.39, 0.29) is 16.1 Å². The summed E-state index contributed by atoms with van der Waals surface area (Å²) < 4.78 is 29.0. The molecule has 1 aromatic carbocycles. The van der Waals surface area contributed by atoms with Gasteiger partial charge in [-0.1, -0.05) is 18.2 Å². The van der Waals surface area contributed by atoms with Gasteiger partial charge in [-0.3, -0.25) is 4.79 Å². The van der Waals surface area contributed by atoms with Crippen molar-refractivity contribution in [3.8, 4) is 0 Å². The number of sulfonamides is 1. The van der Waals surface area contributed by atoms with Crippen molar-refractivity contribution in [2.75, 3.05) is 18.4 Å². The van der Waals surface area contributed by atoms with E-state index in [2.05, 4.69) is 15.5 Å². The van der Waals surface area contributed by atoms with Gasteiger partial charge in [0.2, 0.25) is 15.9 Å². The van der Waals surface area contributed by atoms with Crippen LogP contribution < -0.4 is 5.32 Å². The van der Waals surface area contributed by atoms with Crippen LogP contribution in [-0.4, -0.2) is 51.7 Å². The minimum absolute atomic E-state index is 0.164. The highest BCUT2D eigenvalue weighted by Gasteiger charge is 2.30. The number of thioether (sulfide) groups is 1. The number of hydrogen-bond acceptors (Lipinski definition) is 6. The number of carbonyl (C=O) groups excluding carboxylic acids is 1. The first kappa shape index (κ1) is 21.3. The Bertz CT molecular complexity index is 1010. The first-order chi connectivity index (χ1) is 14.4. The van der Waals surface area contributed by atoms with Crippen LogP contribution in [0.1, 0.15) is 50.8 Å². The topological polar surface area (TPSA) is 97.2 Å². The molecule has 2 heterocycles. The Balaban J connectivity index is 1.37. The van der Waals surface area contributed by atoms with Crippen molar-refractivity contribution in [2.24, 2.45) is 7.05 Å². The van der Waals surface area contributed by atoms with Crippen molar-refractivity contribution in [3.63, 3.8) is 0 Å². The largest absolute Gasteiger partial charge is 0.325 e. The summed E-state index contributed by atoms with van der Waals surface area (Å²) in [5.41, 5.74) is 0.571. The SMILES string of the molecule is C[C@@H](Sc1nnc(C2CC2)n1C)C(=O)Nc1ccc(S(=O)(=O)N2CCCCC2)cc1. The summed E-state index contributed by atoms with van der Waals surface area (Å²) in [6.07, 6.45) is 5.17. The molecule has 0 unspecified atom stereocenters. The molecule has 0 radical (unpaired) electrons. The predicted molar refractivity (Wildman–Crippen MR) is 116 cm³/mol. The number of aromatic nitrogens is 3. The van der Waals surface area contributed by atoms with Crippen LogP contribution in [-0.2, 0) is 21.9 Å². The van der Waals surface area contributed by atoms with Crippen LogP contribution in [0.3, 0.4) is 0 Å². The van der Waals surface area contributed by atoms with E-state index in [0.717, 1.165) is 43.1 Å². The summed E-state index contributed by atoms with van der Waals surface area (Å²) in [6, 6.07) is 6.39. The second-order valence-electron chi connectivity index (χ2n) is 7.91. The number of piperidine rings is 1. The Morgan fingerprint density at radius 1 is 1.13 bits per heavy atom. The summed E-state index contributed by atoms with van der Waals surface area (Å²) >= 11 is 1.36. The Kier molecular flexibility index (Phi) is 6.17. The molecule has 2 aliphatic rings. The van der Waals surface area contributed by atoms with Crippen molar-refractivity contribution in [3.05, 3.63) is 30.1 Å². The zero-order valence-electron chi connectivity index (χ0n) is 17.2. The fourth-order valence-electron chi connectivity index (χ4n) is 3.55. The third kappa shape index (κ3) is 4.55. The summed E-state index contributed by atoms with van der Waals surface area (Å²) in [6.45, 7) is 2.96. The van der Waals surface area contributed by atoms with Gasteiger partial charge in [0.1, 0.15) is 5.82 Å². The number of nitrogens with zero attached hydrogens (tertiary/aromatic N) is 4. The molecule has 1 saturated carbocycles. The number of carbonyl (C=O) groups is 1. The Morgan fingerprint density at radius 3 is 2.43 bits per heavy atom. The molecule has 162 valence electrons. The number of nitrogens with one attached hydrogen (secondary N) is 1. The zero-order chi connectivity index (χ0) is 21.3. The third-order valence-electron chi connectivity index (χ3n) is 5.54. The molecular weight excluding hydrogens is 422 g/mol. The van der Waals surface area contributed by atoms with Crippen molar-refractivity contribution >= 4 is 33.4 Å². The van der Waals surface area contributed by atoms with E-state index < -0.39 is 10.0 Å². The maximum atomic E-state index is 12.7. The normalized spacial score (nSPS) is 18.9. The molecule has 1 N–H and O–H groups in total. The fraction of sp³-hybridized carbons (Fsp3) is 0.550. The van der Waals surface area contributed by atoms with Crippen LogP contribution in [0.5, 0.6) is 0 Å². The summed E-state index contributed by atoms with van der Waals surface area (Å²) in [5, 5.41) is 11.7. The summed E-state index contributed by atoms with van der Waals surface area (Å²) in [4.78, 5) is 12.9. The maximum absolute atomic E-state index is 12.7. The van der Waals surface area contributed by atoms with Crippen LogP contribution in [0, 0.1) is 0 Å². The maximum Gasteiger partial charge on any atom is 0.243 e. The molecule has 30 heavy (non-hydrogen) atoms. The second kappa shape index (κ2) is 8.68. The highest BCUT2D eigenvalue weighted by molar-refractivity contribution is 8.00. The molecule has 1 amide bonds. The van der Waals surface area contributed by atoms with Crippen LogP contribution in [0.15, 0.2) is 34.3 Å². The molecule has 2 aromatic rings. The number of benzene rings is 1. The van der Waals surface area contributed by atoms with Crippen molar-refractivity contribution in [1.29, 1.82) is 0 Å². The van der Waals surface area contributed by atoms with Crippen molar-refractivity contribution < 1.29 is 13.2 Å². The van der Waals surface area contributed by atoms with Crippen LogP contribution >= 0.6 is 11.8 Å². The molecule has 0 bridgehead atoms. The first-order valence-corrected chi connectivity index (χ1v) is 12.7. The van der Waals surface area contributed by atoms with Gasteiger partial charge in [-0.2, -0.15) is 4.31 Å². The molecular formula is C20H27N5O3S2. The van der Waals surface area contributed by atoms with E-state index >= 15 is 0 Å². The molecule has 0 spiro atoms. The number of anilines is 1. The lowest BCUT2D eigenvalue weighted by atomic mass is 10.2. The van der Waals surface area contributed by atoms with Gasteiger partial charge in [0, 0.05) is 31.7 Å². The van der Waals surface area contributed by atoms with Gasteiger partial charge in [-0.05, 0) is 56.9 Å². The van der Waals surface area contributed by atoms with E-state index in [1.54, 1.807) is 28.6 Å². The molecule has 2 fully saturated rings. The fourth-order valence-corrected chi connectivity index (χ4v) is 5.88. The van der Waals surface area contributed by atoms with E-state index in [9.17, 15) is 13.2 Å². The molecule has 1 saturated heterocycles. The number of hydrogen-bond donors (Lipinski definition) is 1. The number of rotatable bonds is 7. The van der Waals surface area contributed by atoms with E-state index in [0.29, 0.717) is 24.7 Å². The Morgan fingerprint density at radius 2 is 1.80 bits per heavy atom. The minimum atomic E-state index is -3.47. The highest BCUT2D eigenvalue weighted by Crippen LogP contribution is 2.39. The molecule has 1 atom stereocenters. The highest BCUT2D eigenvalue weighted by atomic mass is 32.2. The Hall–Kier alpha value is -1.91. The second-order valence-corrected chi connectivity index (χ2v) is 11.2. The molecule has 4 rings (SSSR count). The average Bonchev–Trinajstić information content (AvgIpc) is 3.53. The van der Waals surface area contributed by atoms with Crippen LogP contribution in [0.4, 0.5) is 5.69 Å². The van der Waals surface area contributed by atoms with Gasteiger partial charge in [0.25, 0.3) is 0 Å². The Labute approximate surface area is 181 Å². The lowest BCUT2D eigenvalue weighted by Crippen LogP contribution is -2.35. The lowest BCUT2D eigenvalue weighted by molar-refractivity contribution is -0.115. The van der Waals surface area contributed by atoms with Gasteiger partial charge in [0.15, 0.2) is 5.16 Å². The number of amides is 1. The van der Waals surface area contributed by atoms with Gasteiger partial charge in [-0.15, -0.1) is 10.2 Å². The van der Waals surface area contributed by atoms with Crippen molar-refractivity contribution in [1.82, 2.24) is 19.1 Å². The molecule has 10 heteroatoms.